The van der Waals surface area contributed by atoms with Gasteiger partial charge in [0.1, 0.15) is 17.5 Å². The molecule has 2 aromatic heterocycles. The van der Waals surface area contributed by atoms with Gasteiger partial charge in [0.05, 0.1) is 23.8 Å². The number of aromatic nitrogens is 3. The van der Waals surface area contributed by atoms with Gasteiger partial charge < -0.3 is 9.62 Å². The van der Waals surface area contributed by atoms with Gasteiger partial charge in [-0.1, -0.05) is 24.9 Å². The summed E-state index contributed by atoms with van der Waals surface area (Å²) in [6.07, 6.45) is 11.5. The molecule has 34 heavy (non-hydrogen) atoms. The summed E-state index contributed by atoms with van der Waals surface area (Å²) in [4.78, 5) is 10.6. The molecule has 1 N–H and O–H groups in total. The predicted molar refractivity (Wildman–Crippen MR) is 136 cm³/mol. The van der Waals surface area contributed by atoms with Crippen LogP contribution >= 0.6 is 11.9 Å². The van der Waals surface area contributed by atoms with Crippen LogP contribution in [0.1, 0.15) is 18.1 Å². The van der Waals surface area contributed by atoms with Crippen molar-refractivity contribution >= 4 is 35.8 Å². The third kappa shape index (κ3) is 5.26. The first-order valence-corrected chi connectivity index (χ1v) is 11.6. The maximum Gasteiger partial charge on any atom is 0.137 e. The summed E-state index contributed by atoms with van der Waals surface area (Å²) in [6.45, 7) is 6.23. The molecule has 0 radical (unpaired) electrons. The van der Waals surface area contributed by atoms with Crippen molar-refractivity contribution in [3.05, 3.63) is 90.0 Å². The first-order chi connectivity index (χ1) is 16.5. The van der Waals surface area contributed by atoms with Gasteiger partial charge in [0.25, 0.3) is 0 Å². The molecule has 3 heterocycles. The summed E-state index contributed by atoms with van der Waals surface area (Å²) >= 11 is 1.47. The predicted octanol–water partition coefficient (Wildman–Crippen LogP) is 5.75. The number of benzene rings is 1. The van der Waals surface area contributed by atoms with E-state index in [-0.39, 0.29) is 5.56 Å². The van der Waals surface area contributed by atoms with Crippen LogP contribution in [-0.4, -0.2) is 38.7 Å². The molecule has 0 amide bonds. The minimum Gasteiger partial charge on any atom is -0.342 e. The van der Waals surface area contributed by atoms with Gasteiger partial charge in [-0.2, -0.15) is 5.10 Å². The van der Waals surface area contributed by atoms with Crippen LogP contribution in [0.4, 0.5) is 14.6 Å². The number of pyridine rings is 1. The standard InChI is InChI=1S/C25H24F2N6S/c1-4-34-31-25-12-18(11-23(30-25)21-6-5-20(26)13-22(21)27)24(15-28-2)33-9-7-17(8-10-33)19-14-29-32(3)16-19/h5-9,11-16H,2,4,10H2,1,3H3,(H,30,31)/b24-15-. The molecule has 0 unspecified atom stereocenters. The highest BCUT2D eigenvalue weighted by Crippen LogP contribution is 2.31. The number of rotatable bonds is 8. The molecule has 4 rings (SSSR count). The molecule has 1 aromatic carbocycles. The molecule has 1 aliphatic heterocycles. The fraction of sp³-hybridized carbons (Fsp3) is 0.160. The van der Waals surface area contributed by atoms with Crippen molar-refractivity contribution in [1.29, 1.82) is 0 Å². The molecule has 0 fully saturated rings. The van der Waals surface area contributed by atoms with E-state index in [9.17, 15) is 8.78 Å². The number of aliphatic imine (C=N–C) groups is 1. The average Bonchev–Trinajstić information content (AvgIpc) is 3.27. The summed E-state index contributed by atoms with van der Waals surface area (Å²) in [5.74, 6) is 0.0712. The molecule has 1 aliphatic rings. The van der Waals surface area contributed by atoms with Crippen molar-refractivity contribution in [3.63, 3.8) is 0 Å². The van der Waals surface area contributed by atoms with E-state index >= 15 is 0 Å². The second kappa shape index (κ2) is 10.5. The van der Waals surface area contributed by atoms with Gasteiger partial charge in [-0.15, -0.1) is 0 Å². The average molecular weight is 479 g/mol. The van der Waals surface area contributed by atoms with Crippen molar-refractivity contribution in [2.75, 3.05) is 17.0 Å². The molecule has 6 nitrogen and oxygen atoms in total. The van der Waals surface area contributed by atoms with Crippen molar-refractivity contribution in [2.45, 2.75) is 6.92 Å². The van der Waals surface area contributed by atoms with E-state index in [1.165, 1.54) is 24.1 Å². The Morgan fingerprint density at radius 2 is 2.15 bits per heavy atom. The van der Waals surface area contributed by atoms with E-state index in [4.69, 9.17) is 0 Å². The summed E-state index contributed by atoms with van der Waals surface area (Å²) < 4.78 is 33.0. The monoisotopic (exact) mass is 478 g/mol. The van der Waals surface area contributed by atoms with E-state index in [0.29, 0.717) is 18.1 Å². The lowest BCUT2D eigenvalue weighted by Crippen LogP contribution is -2.18. The van der Waals surface area contributed by atoms with Crippen LogP contribution in [0.25, 0.3) is 22.5 Å². The highest BCUT2D eigenvalue weighted by molar-refractivity contribution is 8.00. The Kier molecular flexibility index (Phi) is 7.22. The number of halogens is 2. The van der Waals surface area contributed by atoms with Crippen LogP contribution < -0.4 is 4.72 Å². The van der Waals surface area contributed by atoms with E-state index in [1.807, 2.05) is 49.6 Å². The maximum atomic E-state index is 14.6. The molecular weight excluding hydrogens is 454 g/mol. The van der Waals surface area contributed by atoms with Gasteiger partial charge in [-0.3, -0.25) is 9.67 Å². The highest BCUT2D eigenvalue weighted by Gasteiger charge is 2.17. The smallest absolute Gasteiger partial charge is 0.137 e. The van der Waals surface area contributed by atoms with E-state index in [1.54, 1.807) is 16.9 Å². The van der Waals surface area contributed by atoms with Gasteiger partial charge >= 0.3 is 0 Å². The fourth-order valence-electron chi connectivity index (χ4n) is 3.57. The molecule has 0 bridgehead atoms. The number of hydrogen-bond acceptors (Lipinski definition) is 6. The zero-order valence-corrected chi connectivity index (χ0v) is 19.7. The number of aryl methyl sites for hydroxylation is 1. The van der Waals surface area contributed by atoms with Gasteiger partial charge in [-0.25, -0.2) is 13.8 Å². The van der Waals surface area contributed by atoms with Gasteiger partial charge in [0.15, 0.2) is 0 Å². The summed E-state index contributed by atoms with van der Waals surface area (Å²) in [5, 5.41) is 4.23. The lowest BCUT2D eigenvalue weighted by atomic mass is 10.0. The normalized spacial score (nSPS) is 13.7. The summed E-state index contributed by atoms with van der Waals surface area (Å²) in [5.41, 5.74) is 4.24. The zero-order valence-electron chi connectivity index (χ0n) is 18.9. The minimum absolute atomic E-state index is 0.214. The Morgan fingerprint density at radius 3 is 2.79 bits per heavy atom. The molecule has 0 spiro atoms. The third-order valence-corrected chi connectivity index (χ3v) is 5.79. The molecule has 9 heteroatoms. The molecule has 174 valence electrons. The van der Waals surface area contributed by atoms with Crippen molar-refractivity contribution in [1.82, 2.24) is 19.7 Å². The SMILES string of the molecule is C=N/C=C(/c1cc(NSCC)nc(-c2ccc(F)cc2F)c1)N1C=CC(c2cnn(C)c2)=CC1. The summed E-state index contributed by atoms with van der Waals surface area (Å²) in [7, 11) is 1.88. The van der Waals surface area contributed by atoms with Gasteiger partial charge in [-0.05, 0) is 42.6 Å². The summed E-state index contributed by atoms with van der Waals surface area (Å²) in [6, 6.07) is 7.12. The number of allylic oxidation sites excluding steroid dienone is 2. The van der Waals surface area contributed by atoms with E-state index < -0.39 is 11.6 Å². The zero-order chi connectivity index (χ0) is 24.1. The number of hydrogen-bond donors (Lipinski definition) is 1. The molecule has 3 aromatic rings. The lowest BCUT2D eigenvalue weighted by Gasteiger charge is -2.26. The first-order valence-electron chi connectivity index (χ1n) is 10.6. The molecule has 0 saturated carbocycles. The molecule has 0 atom stereocenters. The lowest BCUT2D eigenvalue weighted by molar-refractivity contribution is 0.584. The Bertz CT molecular complexity index is 1290. The number of nitrogens with one attached hydrogen (secondary N) is 1. The van der Waals surface area contributed by atoms with E-state index in [2.05, 4.69) is 32.6 Å². The largest absolute Gasteiger partial charge is 0.342 e. The van der Waals surface area contributed by atoms with Gasteiger partial charge in [0.2, 0.25) is 0 Å². The van der Waals surface area contributed by atoms with Crippen molar-refractivity contribution in [3.8, 4) is 11.3 Å². The fourth-order valence-corrected chi connectivity index (χ4v) is 3.97. The van der Waals surface area contributed by atoms with Crippen molar-refractivity contribution < 1.29 is 8.78 Å². The van der Waals surface area contributed by atoms with Crippen LogP contribution in [-0.2, 0) is 7.05 Å². The van der Waals surface area contributed by atoms with Crippen LogP contribution in [0.15, 0.2) is 72.3 Å². The minimum atomic E-state index is -0.673. The topological polar surface area (TPSA) is 58.3 Å². The first kappa shape index (κ1) is 23.4. The van der Waals surface area contributed by atoms with Crippen LogP contribution in [0.5, 0.6) is 0 Å². The molecular formula is C25H24F2N6S. The van der Waals surface area contributed by atoms with Crippen molar-refractivity contribution in [2.24, 2.45) is 12.0 Å². The highest BCUT2D eigenvalue weighted by atomic mass is 32.2. The van der Waals surface area contributed by atoms with Crippen LogP contribution in [0, 0.1) is 11.6 Å². The third-order valence-electron chi connectivity index (χ3n) is 5.15. The van der Waals surface area contributed by atoms with Gasteiger partial charge in [0, 0.05) is 54.5 Å². The Labute approximate surface area is 201 Å². The van der Waals surface area contributed by atoms with Crippen LogP contribution in [0.2, 0.25) is 0 Å². The number of nitrogens with zero attached hydrogens (tertiary/aromatic N) is 5. The Balaban J connectivity index is 1.71. The quantitative estimate of drug-likeness (QED) is 0.330. The van der Waals surface area contributed by atoms with E-state index in [0.717, 1.165) is 34.2 Å². The Hall–Kier alpha value is -3.72. The Morgan fingerprint density at radius 1 is 1.29 bits per heavy atom. The molecule has 0 saturated heterocycles. The second-order valence-corrected chi connectivity index (χ2v) is 8.58. The van der Waals surface area contributed by atoms with Crippen LogP contribution in [0.3, 0.4) is 0 Å². The molecule has 0 aliphatic carbocycles. The number of anilines is 1. The maximum absolute atomic E-state index is 14.6. The second-order valence-electron chi connectivity index (χ2n) is 7.51.